The number of carbonyl (C=O) groups is 1. The van der Waals surface area contributed by atoms with Gasteiger partial charge in [0.15, 0.2) is 0 Å². The van der Waals surface area contributed by atoms with Crippen molar-refractivity contribution in [3.05, 3.63) is 70.5 Å². The summed E-state index contributed by atoms with van der Waals surface area (Å²) in [7, 11) is 0. The third kappa shape index (κ3) is 3.27. The zero-order valence-electron chi connectivity index (χ0n) is 16.2. The van der Waals surface area contributed by atoms with Crippen LogP contribution in [0, 0.1) is 0 Å². The van der Waals surface area contributed by atoms with Crippen LogP contribution in [0.3, 0.4) is 0 Å². The van der Waals surface area contributed by atoms with E-state index < -0.39 is 0 Å². The average molecular weight is 421 g/mol. The van der Waals surface area contributed by atoms with Crippen molar-refractivity contribution in [1.82, 2.24) is 4.57 Å². The zero-order chi connectivity index (χ0) is 20.7. The first-order chi connectivity index (χ1) is 14.6. The van der Waals surface area contributed by atoms with E-state index in [0.717, 1.165) is 36.3 Å². The number of nitrogens with two attached hydrogens (primary N) is 1. The normalized spacial score (nSPS) is 14.4. The Balaban J connectivity index is 1.38. The quantitative estimate of drug-likeness (QED) is 0.507. The van der Waals surface area contributed by atoms with Crippen LogP contribution in [-0.4, -0.2) is 23.1 Å². The van der Waals surface area contributed by atoms with Gasteiger partial charge in [-0.1, -0.05) is 11.6 Å². The molecule has 0 fully saturated rings. The maximum Gasteiger partial charge on any atom is 0.323 e. The van der Waals surface area contributed by atoms with E-state index in [-0.39, 0.29) is 6.03 Å². The molecule has 2 heterocycles. The van der Waals surface area contributed by atoms with Crippen LogP contribution in [0.1, 0.15) is 23.4 Å². The minimum Gasteiger partial charge on any atom is -0.382 e. The van der Waals surface area contributed by atoms with Gasteiger partial charge in [-0.3, -0.25) is 0 Å². The number of amidine groups is 1. The molecule has 8 heteroatoms. The second kappa shape index (κ2) is 7.42. The van der Waals surface area contributed by atoms with Crippen LogP contribution in [0.5, 0.6) is 0 Å². The van der Waals surface area contributed by atoms with Crippen LogP contribution in [0.4, 0.5) is 21.9 Å². The van der Waals surface area contributed by atoms with E-state index >= 15 is 0 Å². The number of urea groups is 1. The van der Waals surface area contributed by atoms with Crippen molar-refractivity contribution in [3.8, 4) is 5.69 Å². The highest BCUT2D eigenvalue weighted by Crippen LogP contribution is 2.38. The highest BCUT2D eigenvalue weighted by atomic mass is 35.5. The van der Waals surface area contributed by atoms with Crippen LogP contribution in [0.2, 0.25) is 5.02 Å². The van der Waals surface area contributed by atoms with Crippen LogP contribution >= 0.6 is 11.6 Å². The Hall–Kier alpha value is -3.45. The molecule has 30 heavy (non-hydrogen) atoms. The number of benzene rings is 2. The van der Waals surface area contributed by atoms with Crippen LogP contribution in [0.25, 0.3) is 5.69 Å². The van der Waals surface area contributed by atoms with E-state index in [9.17, 15) is 4.79 Å². The highest BCUT2D eigenvalue weighted by molar-refractivity contribution is 6.30. The third-order valence-corrected chi connectivity index (χ3v) is 5.71. The van der Waals surface area contributed by atoms with Gasteiger partial charge in [0.2, 0.25) is 0 Å². The van der Waals surface area contributed by atoms with Crippen molar-refractivity contribution in [1.29, 1.82) is 0 Å². The molecule has 0 unspecified atom stereocenters. The number of halogens is 1. The van der Waals surface area contributed by atoms with E-state index in [1.54, 1.807) is 24.3 Å². The summed E-state index contributed by atoms with van der Waals surface area (Å²) < 4.78 is 2.19. The summed E-state index contributed by atoms with van der Waals surface area (Å²) in [6.07, 6.45) is 3.21. The molecule has 2 aliphatic rings. The molecular formula is C22H21ClN6O. The van der Waals surface area contributed by atoms with Gasteiger partial charge in [0, 0.05) is 27.8 Å². The Bertz CT molecular complexity index is 1150. The Morgan fingerprint density at radius 2 is 1.70 bits per heavy atom. The van der Waals surface area contributed by atoms with Gasteiger partial charge < -0.3 is 26.3 Å². The first-order valence-corrected chi connectivity index (χ1v) is 10.2. The molecule has 5 N–H and O–H groups in total. The summed E-state index contributed by atoms with van der Waals surface area (Å²) in [5.74, 6) is 0.558. The van der Waals surface area contributed by atoms with Gasteiger partial charge in [0.1, 0.15) is 18.2 Å². The lowest BCUT2D eigenvalue weighted by molar-refractivity contribution is 0.262. The fourth-order valence-corrected chi connectivity index (χ4v) is 4.28. The predicted octanol–water partition coefficient (Wildman–Crippen LogP) is 4.35. The molecule has 1 aromatic heterocycles. The maximum absolute atomic E-state index is 12.3. The van der Waals surface area contributed by atoms with Gasteiger partial charge in [0.05, 0.1) is 5.69 Å². The minimum atomic E-state index is -0.315. The number of aromatic nitrogens is 1. The number of amides is 2. The molecule has 3 aromatic rings. The molecule has 2 amide bonds. The molecule has 0 atom stereocenters. The fourth-order valence-electron chi connectivity index (χ4n) is 4.15. The topological polar surface area (TPSA) is 96.5 Å². The molecule has 152 valence electrons. The maximum atomic E-state index is 12.3. The standard InChI is InChI=1S/C22H21ClN6O/c23-13-4-6-14(7-5-13)27-22(30)28-15-8-10-16(11-9-15)29-18-3-1-2-17(18)19-20(29)21(24)26-12-25-19/h4-11,25H,1-3,12H2,(H2,24,26)(H2,27,28,30). The monoisotopic (exact) mass is 420 g/mol. The van der Waals surface area contributed by atoms with Gasteiger partial charge in [-0.25, -0.2) is 9.79 Å². The number of hydrogen-bond acceptors (Lipinski definition) is 4. The molecule has 0 saturated heterocycles. The number of nitrogens with zero attached hydrogens (tertiary/aromatic N) is 2. The van der Waals surface area contributed by atoms with Crippen molar-refractivity contribution >= 4 is 40.5 Å². The Morgan fingerprint density at radius 3 is 2.40 bits per heavy atom. The summed E-state index contributed by atoms with van der Waals surface area (Å²) in [6.45, 7) is 0.515. The summed E-state index contributed by atoms with van der Waals surface area (Å²) in [4.78, 5) is 16.6. The SMILES string of the molecule is NC1=NCNc2c3c(n(-c4ccc(NC(=O)Nc5ccc(Cl)cc5)cc4)c21)CCC3. The predicted molar refractivity (Wildman–Crippen MR) is 121 cm³/mol. The van der Waals surface area contributed by atoms with Crippen molar-refractivity contribution in [2.75, 3.05) is 22.6 Å². The molecular weight excluding hydrogens is 400 g/mol. The van der Waals surface area contributed by atoms with E-state index in [1.807, 2.05) is 24.3 Å². The number of fused-ring (bicyclic) bond motifs is 3. The lowest BCUT2D eigenvalue weighted by Gasteiger charge is -2.18. The molecule has 5 rings (SSSR count). The Kier molecular flexibility index (Phi) is 4.59. The van der Waals surface area contributed by atoms with Crippen LogP contribution < -0.4 is 21.7 Å². The van der Waals surface area contributed by atoms with Gasteiger partial charge in [0.25, 0.3) is 0 Å². The molecule has 0 bridgehead atoms. The first kappa shape index (κ1) is 18.6. The fraction of sp³-hybridized carbons (Fsp3) is 0.182. The van der Waals surface area contributed by atoms with Crippen molar-refractivity contribution in [3.63, 3.8) is 0 Å². The van der Waals surface area contributed by atoms with Gasteiger partial charge >= 0.3 is 6.03 Å². The number of hydrogen-bond donors (Lipinski definition) is 4. The largest absolute Gasteiger partial charge is 0.382 e. The smallest absolute Gasteiger partial charge is 0.323 e. The van der Waals surface area contributed by atoms with Gasteiger partial charge in [-0.05, 0) is 73.4 Å². The first-order valence-electron chi connectivity index (χ1n) is 9.85. The molecule has 0 saturated carbocycles. The lowest BCUT2D eigenvalue weighted by Crippen LogP contribution is -2.25. The number of anilines is 3. The van der Waals surface area contributed by atoms with E-state index in [0.29, 0.717) is 28.9 Å². The number of rotatable bonds is 3. The second-order valence-corrected chi connectivity index (χ2v) is 7.79. The summed E-state index contributed by atoms with van der Waals surface area (Å²) in [5.41, 5.74) is 13.3. The van der Waals surface area contributed by atoms with E-state index in [2.05, 4.69) is 25.5 Å². The van der Waals surface area contributed by atoms with Gasteiger partial charge in [-0.15, -0.1) is 0 Å². The van der Waals surface area contributed by atoms with Crippen molar-refractivity contribution in [2.24, 2.45) is 10.7 Å². The zero-order valence-corrected chi connectivity index (χ0v) is 17.0. The second-order valence-electron chi connectivity index (χ2n) is 7.35. The van der Waals surface area contributed by atoms with Crippen molar-refractivity contribution < 1.29 is 4.79 Å². The number of aliphatic imine (C=N–C) groups is 1. The van der Waals surface area contributed by atoms with E-state index in [1.165, 1.54) is 11.3 Å². The molecule has 1 aliphatic carbocycles. The van der Waals surface area contributed by atoms with Gasteiger partial charge in [-0.2, -0.15) is 0 Å². The molecule has 1 aliphatic heterocycles. The minimum absolute atomic E-state index is 0.315. The Labute approximate surface area is 178 Å². The molecule has 2 aromatic carbocycles. The van der Waals surface area contributed by atoms with Crippen LogP contribution in [0.15, 0.2) is 53.5 Å². The van der Waals surface area contributed by atoms with E-state index in [4.69, 9.17) is 17.3 Å². The van der Waals surface area contributed by atoms with Crippen molar-refractivity contribution in [2.45, 2.75) is 19.3 Å². The third-order valence-electron chi connectivity index (χ3n) is 5.45. The number of carbonyl (C=O) groups excluding carboxylic acids is 1. The highest BCUT2D eigenvalue weighted by Gasteiger charge is 2.29. The molecule has 7 nitrogen and oxygen atoms in total. The summed E-state index contributed by atoms with van der Waals surface area (Å²) in [5, 5.41) is 9.64. The van der Waals surface area contributed by atoms with Crippen LogP contribution in [-0.2, 0) is 12.8 Å². The molecule has 0 radical (unpaired) electrons. The summed E-state index contributed by atoms with van der Waals surface area (Å²) in [6, 6.07) is 14.4. The Morgan fingerprint density at radius 1 is 1.03 bits per heavy atom. The average Bonchev–Trinajstić information content (AvgIpc) is 3.32. The lowest BCUT2D eigenvalue weighted by atomic mass is 10.2. The summed E-state index contributed by atoms with van der Waals surface area (Å²) >= 11 is 5.87. The number of nitrogens with one attached hydrogen (secondary N) is 3. The molecule has 0 spiro atoms.